The molecule has 1 fully saturated rings. The molecule has 2 heterocycles. The maximum atomic E-state index is 12.8. The fourth-order valence-electron chi connectivity index (χ4n) is 4.78. The van der Waals surface area contributed by atoms with Crippen molar-refractivity contribution in [3.05, 3.63) is 47.5 Å². The number of carbonyl (C=O) groups excluding carboxylic acids is 2. The standard InChI is InChI=1S/C31H40O9/c1-30(2,3)28(32)36-15-20-21(16-37-29(33)31(4,5)6)27(19-10-12-23-25(14-19)39-17-38-23)40-26(20)18-9-11-22(34-7)24(13-18)35-8/h9-14,20-21,26-27H,15-17H2,1-8H3/t20-,21-,26+,27-/m1/s1. The second-order valence-electron chi connectivity index (χ2n) is 12.2. The van der Waals surface area contributed by atoms with E-state index < -0.39 is 23.0 Å². The number of benzene rings is 2. The molecule has 0 aliphatic carbocycles. The second kappa shape index (κ2) is 11.6. The van der Waals surface area contributed by atoms with Gasteiger partial charge in [0, 0.05) is 11.8 Å². The summed E-state index contributed by atoms with van der Waals surface area (Å²) in [4.78, 5) is 25.6. The number of rotatable bonds is 8. The Balaban J connectivity index is 1.75. The third-order valence-corrected chi connectivity index (χ3v) is 7.12. The molecule has 2 aliphatic heterocycles. The lowest BCUT2D eigenvalue weighted by molar-refractivity contribution is -0.158. The Labute approximate surface area is 236 Å². The fourth-order valence-corrected chi connectivity index (χ4v) is 4.78. The molecule has 4 rings (SSSR count). The molecule has 2 aliphatic rings. The minimum atomic E-state index is -0.677. The minimum absolute atomic E-state index is 0.0773. The molecule has 0 spiro atoms. The Morgan fingerprint density at radius 3 is 1.75 bits per heavy atom. The largest absolute Gasteiger partial charge is 0.493 e. The zero-order valence-corrected chi connectivity index (χ0v) is 24.6. The predicted molar refractivity (Wildman–Crippen MR) is 146 cm³/mol. The molecule has 1 saturated heterocycles. The average molecular weight is 557 g/mol. The Hall–Kier alpha value is -3.46. The number of methoxy groups -OCH3 is 2. The van der Waals surface area contributed by atoms with Gasteiger partial charge in [-0.25, -0.2) is 0 Å². The maximum absolute atomic E-state index is 12.8. The van der Waals surface area contributed by atoms with E-state index in [0.29, 0.717) is 23.0 Å². The first kappa shape index (κ1) is 29.5. The zero-order valence-electron chi connectivity index (χ0n) is 24.6. The van der Waals surface area contributed by atoms with Gasteiger partial charge in [-0.1, -0.05) is 12.1 Å². The van der Waals surface area contributed by atoms with Gasteiger partial charge in [-0.05, 0) is 76.9 Å². The third-order valence-electron chi connectivity index (χ3n) is 7.12. The SMILES string of the molecule is COc1ccc([C@@H]2O[C@H](c3ccc4c(c3)OCO4)[C@H](COC(=O)C(C)(C)C)[C@H]2COC(=O)C(C)(C)C)cc1OC. The quantitative estimate of drug-likeness (QED) is 0.382. The van der Waals surface area contributed by atoms with E-state index in [1.807, 2.05) is 77.9 Å². The fraction of sp³-hybridized carbons (Fsp3) is 0.548. The summed E-state index contributed by atoms with van der Waals surface area (Å²) in [7, 11) is 3.15. The smallest absolute Gasteiger partial charge is 0.311 e. The molecule has 0 saturated carbocycles. The van der Waals surface area contributed by atoms with E-state index in [2.05, 4.69) is 0 Å². The van der Waals surface area contributed by atoms with Gasteiger partial charge in [0.1, 0.15) is 0 Å². The molecular formula is C31H40O9. The number of fused-ring (bicyclic) bond motifs is 1. The van der Waals surface area contributed by atoms with E-state index in [9.17, 15) is 9.59 Å². The maximum Gasteiger partial charge on any atom is 0.311 e. The Kier molecular flexibility index (Phi) is 8.54. The zero-order chi connectivity index (χ0) is 29.2. The van der Waals surface area contributed by atoms with E-state index in [1.54, 1.807) is 14.2 Å². The highest BCUT2D eigenvalue weighted by atomic mass is 16.7. The van der Waals surface area contributed by atoms with E-state index in [0.717, 1.165) is 11.1 Å². The number of carbonyl (C=O) groups is 2. The molecule has 0 unspecified atom stereocenters. The minimum Gasteiger partial charge on any atom is -0.493 e. The van der Waals surface area contributed by atoms with Crippen LogP contribution in [0, 0.1) is 22.7 Å². The molecule has 2 aromatic carbocycles. The third kappa shape index (κ3) is 6.30. The second-order valence-corrected chi connectivity index (χ2v) is 12.2. The van der Waals surface area contributed by atoms with Gasteiger partial charge in [0.15, 0.2) is 23.0 Å². The lowest BCUT2D eigenvalue weighted by Gasteiger charge is -2.27. The number of esters is 2. The molecule has 0 amide bonds. The van der Waals surface area contributed by atoms with E-state index >= 15 is 0 Å². The lowest BCUT2D eigenvalue weighted by Crippen LogP contribution is -2.32. The topological polar surface area (TPSA) is 98.8 Å². The molecule has 0 N–H and O–H groups in total. The van der Waals surface area contributed by atoms with Crippen LogP contribution in [-0.2, 0) is 23.8 Å². The Morgan fingerprint density at radius 1 is 0.725 bits per heavy atom. The van der Waals surface area contributed by atoms with Crippen molar-refractivity contribution in [2.75, 3.05) is 34.2 Å². The first-order chi connectivity index (χ1) is 18.8. The Morgan fingerprint density at radius 2 is 1.23 bits per heavy atom. The van der Waals surface area contributed by atoms with Crippen LogP contribution in [0.1, 0.15) is 64.9 Å². The summed E-state index contributed by atoms with van der Waals surface area (Å²) in [5, 5.41) is 0. The number of hydrogen-bond acceptors (Lipinski definition) is 9. The number of hydrogen-bond donors (Lipinski definition) is 0. The average Bonchev–Trinajstić information content (AvgIpc) is 3.52. The number of ether oxygens (including phenoxy) is 7. The van der Waals surface area contributed by atoms with Crippen LogP contribution in [0.3, 0.4) is 0 Å². The summed E-state index contributed by atoms with van der Waals surface area (Å²) in [6.45, 7) is 11.2. The molecule has 4 atom stereocenters. The van der Waals surface area contributed by atoms with Crippen LogP contribution in [0.15, 0.2) is 36.4 Å². The van der Waals surface area contributed by atoms with Crippen molar-refractivity contribution in [2.45, 2.75) is 53.8 Å². The molecular weight excluding hydrogens is 516 g/mol. The van der Waals surface area contributed by atoms with Gasteiger partial charge in [-0.3, -0.25) is 9.59 Å². The van der Waals surface area contributed by atoms with Crippen molar-refractivity contribution in [3.63, 3.8) is 0 Å². The summed E-state index contributed by atoms with van der Waals surface area (Å²) in [6.07, 6.45) is -0.986. The van der Waals surface area contributed by atoms with Crippen molar-refractivity contribution in [1.29, 1.82) is 0 Å². The van der Waals surface area contributed by atoms with Crippen molar-refractivity contribution >= 4 is 11.9 Å². The summed E-state index contributed by atoms with van der Waals surface area (Å²) in [5.74, 6) is 1.10. The van der Waals surface area contributed by atoms with Crippen LogP contribution in [0.4, 0.5) is 0 Å². The molecule has 218 valence electrons. The van der Waals surface area contributed by atoms with E-state index in [1.165, 1.54) is 0 Å². The van der Waals surface area contributed by atoms with Gasteiger partial charge in [-0.15, -0.1) is 0 Å². The highest BCUT2D eigenvalue weighted by Crippen LogP contribution is 2.52. The van der Waals surface area contributed by atoms with Crippen LogP contribution in [0.2, 0.25) is 0 Å². The summed E-state index contributed by atoms with van der Waals surface area (Å²) in [5.41, 5.74) is 0.314. The van der Waals surface area contributed by atoms with Crippen LogP contribution >= 0.6 is 0 Å². The van der Waals surface area contributed by atoms with Crippen molar-refractivity contribution in [1.82, 2.24) is 0 Å². The summed E-state index contributed by atoms with van der Waals surface area (Å²) in [6, 6.07) is 11.2. The van der Waals surface area contributed by atoms with Crippen LogP contribution in [-0.4, -0.2) is 46.2 Å². The Bertz CT molecular complexity index is 1220. The normalized spacial score (nSPS) is 22.1. The molecule has 0 aromatic heterocycles. The highest BCUT2D eigenvalue weighted by Gasteiger charge is 2.48. The van der Waals surface area contributed by atoms with E-state index in [4.69, 9.17) is 33.2 Å². The van der Waals surface area contributed by atoms with Crippen LogP contribution in [0.5, 0.6) is 23.0 Å². The van der Waals surface area contributed by atoms with Gasteiger partial charge >= 0.3 is 11.9 Å². The monoisotopic (exact) mass is 556 g/mol. The highest BCUT2D eigenvalue weighted by molar-refractivity contribution is 5.75. The van der Waals surface area contributed by atoms with Crippen molar-refractivity contribution < 1.29 is 42.7 Å². The first-order valence-corrected chi connectivity index (χ1v) is 13.4. The van der Waals surface area contributed by atoms with Gasteiger partial charge in [0.05, 0.1) is 50.5 Å². The predicted octanol–water partition coefficient (Wildman–Crippen LogP) is 5.66. The lowest BCUT2D eigenvalue weighted by atomic mass is 9.83. The first-order valence-electron chi connectivity index (χ1n) is 13.4. The van der Waals surface area contributed by atoms with Gasteiger partial charge in [0.2, 0.25) is 6.79 Å². The molecule has 9 nitrogen and oxygen atoms in total. The van der Waals surface area contributed by atoms with Crippen molar-refractivity contribution in [3.8, 4) is 23.0 Å². The summed E-state index contributed by atoms with van der Waals surface area (Å²) >= 11 is 0. The van der Waals surface area contributed by atoms with Crippen LogP contribution < -0.4 is 18.9 Å². The van der Waals surface area contributed by atoms with Gasteiger partial charge in [0.25, 0.3) is 0 Å². The molecule has 0 bridgehead atoms. The molecule has 2 aromatic rings. The van der Waals surface area contributed by atoms with Crippen molar-refractivity contribution in [2.24, 2.45) is 22.7 Å². The molecule has 9 heteroatoms. The van der Waals surface area contributed by atoms with E-state index in [-0.39, 0.29) is 43.8 Å². The molecule has 0 radical (unpaired) electrons. The van der Waals surface area contributed by atoms with Crippen LogP contribution in [0.25, 0.3) is 0 Å². The summed E-state index contributed by atoms with van der Waals surface area (Å²) < 4.78 is 40.6. The molecule has 40 heavy (non-hydrogen) atoms. The van der Waals surface area contributed by atoms with Gasteiger partial charge in [-0.2, -0.15) is 0 Å². The van der Waals surface area contributed by atoms with Gasteiger partial charge < -0.3 is 33.2 Å².